The number of rotatable bonds is 11. The van der Waals surface area contributed by atoms with Crippen molar-refractivity contribution in [3.8, 4) is 11.8 Å². The summed E-state index contributed by atoms with van der Waals surface area (Å²) in [6, 6.07) is 8.04. The molecular formula is C26H26ClFN6O8. The van der Waals surface area contributed by atoms with Crippen LogP contribution in [0.4, 0.5) is 10.2 Å². The number of alkyl halides is 1. The van der Waals surface area contributed by atoms with Crippen molar-refractivity contribution in [2.75, 3.05) is 25.6 Å². The summed E-state index contributed by atoms with van der Waals surface area (Å²) < 4.78 is 44.5. The van der Waals surface area contributed by atoms with E-state index in [1.54, 1.807) is 12.1 Å². The van der Waals surface area contributed by atoms with Crippen LogP contribution in [0.15, 0.2) is 30.6 Å². The second-order valence-electron chi connectivity index (χ2n) is 9.51. The quantitative estimate of drug-likeness (QED) is 0.181. The molecule has 222 valence electrons. The standard InChI is InChI=1S/C26H26ClFN6O8/c1-3-38-22(35)25(23(36)39-4-2,11-13-5-7-14(8-6-13)40-10-9-29)42-18-17-26(18,37)16(28)21(41-17)34-12-31-15-19(30)32-24(27)33-20(15)34/h5-8,12,16-18,21,37H,3-4,10-11H2,1-2H3,(H2,30,32,33)/t16-,17-,18?,21-,26+/m1/s1. The zero-order valence-corrected chi connectivity index (χ0v) is 23.2. The van der Waals surface area contributed by atoms with Crippen LogP contribution in [0.3, 0.4) is 0 Å². The summed E-state index contributed by atoms with van der Waals surface area (Å²) in [7, 11) is 0. The molecule has 2 fully saturated rings. The second kappa shape index (κ2) is 11.3. The van der Waals surface area contributed by atoms with Crippen molar-refractivity contribution in [3.05, 3.63) is 41.4 Å². The molecule has 3 heterocycles. The average Bonchev–Trinajstić information content (AvgIpc) is 3.20. The Morgan fingerprint density at radius 1 is 1.24 bits per heavy atom. The minimum Gasteiger partial charge on any atom is -0.479 e. The molecule has 14 nitrogen and oxygen atoms in total. The van der Waals surface area contributed by atoms with E-state index in [1.165, 1.54) is 36.9 Å². The number of benzene rings is 1. The number of nitrogens with two attached hydrogens (primary N) is 1. The summed E-state index contributed by atoms with van der Waals surface area (Å²) in [4.78, 5) is 38.6. The van der Waals surface area contributed by atoms with Gasteiger partial charge in [0, 0.05) is 6.42 Å². The molecule has 1 saturated heterocycles. The number of ether oxygens (including phenoxy) is 5. The number of nitrogen functional groups attached to an aromatic ring is 1. The monoisotopic (exact) mass is 604 g/mol. The van der Waals surface area contributed by atoms with Gasteiger partial charge in [0.05, 0.1) is 19.5 Å². The molecule has 0 bridgehead atoms. The summed E-state index contributed by atoms with van der Waals surface area (Å²) in [5, 5.41) is 19.9. The number of fused-ring (bicyclic) bond motifs is 2. The first kappa shape index (κ1) is 29.4. The van der Waals surface area contributed by atoms with E-state index in [4.69, 9.17) is 46.3 Å². The number of hydrogen-bond donors (Lipinski definition) is 2. The number of carbonyl (C=O) groups is 2. The van der Waals surface area contributed by atoms with Crippen LogP contribution in [0.1, 0.15) is 25.6 Å². The molecule has 0 radical (unpaired) electrons. The lowest BCUT2D eigenvalue weighted by atomic mass is 9.93. The number of aliphatic hydroxyl groups is 1. The van der Waals surface area contributed by atoms with E-state index in [0.29, 0.717) is 11.3 Å². The Kier molecular flexibility index (Phi) is 7.90. The van der Waals surface area contributed by atoms with Gasteiger partial charge in [0.25, 0.3) is 5.60 Å². The number of halogens is 2. The van der Waals surface area contributed by atoms with E-state index < -0.39 is 47.7 Å². The summed E-state index contributed by atoms with van der Waals surface area (Å²) in [5.74, 6) is -1.82. The van der Waals surface area contributed by atoms with E-state index in [-0.39, 0.29) is 48.5 Å². The zero-order valence-electron chi connectivity index (χ0n) is 22.4. The summed E-state index contributed by atoms with van der Waals surface area (Å²) in [5.41, 5.74) is 1.83. The lowest BCUT2D eigenvalue weighted by molar-refractivity contribution is -0.201. The highest BCUT2D eigenvalue weighted by Gasteiger charge is 2.80. The molecule has 5 atom stereocenters. The molecule has 16 heteroatoms. The van der Waals surface area contributed by atoms with Crippen molar-refractivity contribution in [1.29, 1.82) is 5.26 Å². The Bertz CT molecular complexity index is 1530. The Labute approximate surface area is 243 Å². The van der Waals surface area contributed by atoms with Crippen molar-refractivity contribution in [1.82, 2.24) is 19.5 Å². The Morgan fingerprint density at radius 2 is 1.90 bits per heavy atom. The highest BCUT2D eigenvalue weighted by molar-refractivity contribution is 6.28. The molecule has 1 unspecified atom stereocenters. The van der Waals surface area contributed by atoms with Gasteiger partial charge in [-0.1, -0.05) is 12.1 Å². The van der Waals surface area contributed by atoms with E-state index in [0.717, 1.165) is 0 Å². The van der Waals surface area contributed by atoms with Crippen molar-refractivity contribution < 1.29 is 42.8 Å². The van der Waals surface area contributed by atoms with Crippen LogP contribution in [-0.2, 0) is 35.0 Å². The smallest absolute Gasteiger partial charge is 0.350 e. The largest absolute Gasteiger partial charge is 0.479 e. The minimum absolute atomic E-state index is 0.0273. The number of esters is 2. The van der Waals surface area contributed by atoms with Crippen LogP contribution in [-0.4, -0.2) is 86.0 Å². The Balaban J connectivity index is 1.44. The third kappa shape index (κ3) is 4.86. The van der Waals surface area contributed by atoms with E-state index >= 15 is 4.39 Å². The van der Waals surface area contributed by atoms with Gasteiger partial charge in [-0.3, -0.25) is 4.57 Å². The van der Waals surface area contributed by atoms with Gasteiger partial charge in [-0.2, -0.15) is 15.2 Å². The van der Waals surface area contributed by atoms with Gasteiger partial charge in [-0.25, -0.2) is 19.0 Å². The van der Waals surface area contributed by atoms with Crippen LogP contribution in [0.2, 0.25) is 5.28 Å². The highest BCUT2D eigenvalue weighted by atomic mass is 35.5. The maximum Gasteiger partial charge on any atom is 0.350 e. The zero-order chi connectivity index (χ0) is 30.2. The molecule has 2 aliphatic rings. The first-order chi connectivity index (χ1) is 20.1. The molecule has 3 N–H and O–H groups in total. The SMILES string of the molecule is CCOC(=O)C(Cc1ccc(OCC#N)cc1)(OC1[C@H]2O[C@@H](n3cnc4c(N)nc(Cl)nc43)[C@@H](F)[C@@]12O)C(=O)OCC. The first-order valence-electron chi connectivity index (χ1n) is 12.9. The molecule has 1 saturated carbocycles. The average molecular weight is 605 g/mol. The summed E-state index contributed by atoms with van der Waals surface area (Å²) in [6.07, 6.45) is -5.42. The summed E-state index contributed by atoms with van der Waals surface area (Å²) >= 11 is 5.91. The number of nitriles is 1. The van der Waals surface area contributed by atoms with E-state index in [1.807, 2.05) is 6.07 Å². The fourth-order valence-electron chi connectivity index (χ4n) is 4.92. The van der Waals surface area contributed by atoms with Gasteiger partial charge in [0.2, 0.25) is 5.28 Å². The molecule has 1 aliphatic heterocycles. The number of nitrogens with zero attached hydrogens (tertiary/aromatic N) is 5. The van der Waals surface area contributed by atoms with E-state index in [2.05, 4.69) is 15.0 Å². The van der Waals surface area contributed by atoms with Crippen LogP contribution in [0, 0.1) is 11.3 Å². The third-order valence-corrected chi connectivity index (χ3v) is 7.14. The van der Waals surface area contributed by atoms with Crippen molar-refractivity contribution in [3.63, 3.8) is 0 Å². The highest BCUT2D eigenvalue weighted by Crippen LogP contribution is 2.58. The minimum atomic E-state index is -2.42. The van der Waals surface area contributed by atoms with Gasteiger partial charge >= 0.3 is 11.9 Å². The van der Waals surface area contributed by atoms with Crippen molar-refractivity contribution in [2.45, 2.75) is 56.1 Å². The first-order valence-corrected chi connectivity index (χ1v) is 13.3. The Morgan fingerprint density at radius 3 is 2.48 bits per heavy atom. The molecule has 0 spiro atoms. The lowest BCUT2D eigenvalue weighted by Gasteiger charge is -2.31. The maximum atomic E-state index is 15.9. The molecule has 1 aromatic carbocycles. The molecule has 2 aromatic heterocycles. The second-order valence-corrected chi connectivity index (χ2v) is 9.85. The van der Waals surface area contributed by atoms with Crippen molar-refractivity contribution in [2.24, 2.45) is 0 Å². The van der Waals surface area contributed by atoms with Crippen LogP contribution in [0.5, 0.6) is 5.75 Å². The predicted octanol–water partition coefficient (Wildman–Crippen LogP) is 1.44. The number of carbonyl (C=O) groups excluding carboxylic acids is 2. The fourth-order valence-corrected chi connectivity index (χ4v) is 5.09. The topological polar surface area (TPSA) is 194 Å². The molecule has 42 heavy (non-hydrogen) atoms. The molecule has 5 rings (SSSR count). The van der Waals surface area contributed by atoms with Crippen LogP contribution in [0.25, 0.3) is 11.2 Å². The molecule has 3 aromatic rings. The van der Waals surface area contributed by atoms with E-state index in [9.17, 15) is 14.7 Å². The van der Waals surface area contributed by atoms with Gasteiger partial charge < -0.3 is 34.5 Å². The van der Waals surface area contributed by atoms with Gasteiger partial charge in [-0.15, -0.1) is 0 Å². The number of aromatic nitrogens is 4. The van der Waals surface area contributed by atoms with Gasteiger partial charge in [0.1, 0.15) is 29.5 Å². The van der Waals surface area contributed by atoms with Crippen molar-refractivity contribution >= 4 is 40.5 Å². The number of anilines is 1. The van der Waals surface area contributed by atoms with Crippen LogP contribution >= 0.6 is 11.6 Å². The van der Waals surface area contributed by atoms with Crippen LogP contribution < -0.4 is 10.5 Å². The predicted molar refractivity (Wildman–Crippen MR) is 141 cm³/mol. The third-order valence-electron chi connectivity index (χ3n) is 6.97. The number of hydrogen-bond acceptors (Lipinski definition) is 13. The number of imidazole rings is 1. The molecule has 0 amide bonds. The lowest BCUT2D eigenvalue weighted by Crippen LogP contribution is -2.55. The fraction of sp³-hybridized carbons (Fsp3) is 0.462. The normalized spacial score (nSPS) is 24.6. The van der Waals surface area contributed by atoms with Gasteiger partial charge in [0.15, 0.2) is 36.1 Å². The molecular weight excluding hydrogens is 579 g/mol. The summed E-state index contributed by atoms with van der Waals surface area (Å²) in [6.45, 7) is 2.70. The van der Waals surface area contributed by atoms with Gasteiger partial charge in [-0.05, 0) is 43.1 Å². The maximum absolute atomic E-state index is 15.9. The molecule has 1 aliphatic carbocycles. The Hall–Kier alpha value is -4.10.